The molecule has 0 radical (unpaired) electrons. The van der Waals surface area contributed by atoms with Crippen molar-refractivity contribution in [3.05, 3.63) is 65.0 Å². The third-order valence-corrected chi connectivity index (χ3v) is 5.11. The third kappa shape index (κ3) is 3.37. The average Bonchev–Trinajstić information content (AvgIpc) is 3.26. The van der Waals surface area contributed by atoms with Crippen molar-refractivity contribution in [1.82, 2.24) is 5.32 Å². The topological polar surface area (TPSA) is 51.5 Å². The highest BCUT2D eigenvalue weighted by Crippen LogP contribution is 2.44. The van der Waals surface area contributed by atoms with Gasteiger partial charge in [0.1, 0.15) is 24.2 Å². The third-order valence-electron chi connectivity index (χ3n) is 5.11. The first kappa shape index (κ1) is 16.9. The van der Waals surface area contributed by atoms with E-state index in [2.05, 4.69) is 19.2 Å². The molecule has 0 saturated heterocycles. The Morgan fingerprint density at radius 3 is 2.69 bits per heavy atom. The fourth-order valence-corrected chi connectivity index (χ4v) is 3.23. The van der Waals surface area contributed by atoms with Gasteiger partial charge >= 0.3 is 0 Å². The molecule has 2 aromatic carbocycles. The predicted molar refractivity (Wildman–Crippen MR) is 104 cm³/mol. The van der Waals surface area contributed by atoms with Crippen LogP contribution in [0.15, 0.2) is 64.0 Å². The standard InChI is InChI=1S/C22H23NO3/c1-22(2)13-20(22)23-10-11-25-16-8-9-17-19(12-16)26-14-18(21(17)24)15-6-4-3-5-7-15/h3-9,12,14,20,23H,10-11,13H2,1-2H3. The van der Waals surface area contributed by atoms with E-state index in [0.29, 0.717) is 40.3 Å². The molecule has 1 saturated carbocycles. The first-order chi connectivity index (χ1) is 12.5. The van der Waals surface area contributed by atoms with Crippen molar-refractivity contribution < 1.29 is 9.15 Å². The van der Waals surface area contributed by atoms with Crippen molar-refractivity contribution in [2.24, 2.45) is 5.41 Å². The molecule has 134 valence electrons. The first-order valence-corrected chi connectivity index (χ1v) is 9.02. The second kappa shape index (κ2) is 6.61. The average molecular weight is 349 g/mol. The van der Waals surface area contributed by atoms with Crippen molar-refractivity contribution in [2.75, 3.05) is 13.2 Å². The summed E-state index contributed by atoms with van der Waals surface area (Å²) in [6.07, 6.45) is 2.75. The highest BCUT2D eigenvalue weighted by atomic mass is 16.5. The van der Waals surface area contributed by atoms with Gasteiger partial charge in [0, 0.05) is 18.7 Å². The van der Waals surface area contributed by atoms with Crippen LogP contribution in [0.1, 0.15) is 20.3 Å². The summed E-state index contributed by atoms with van der Waals surface area (Å²) in [6, 6.07) is 15.5. The lowest BCUT2D eigenvalue weighted by Gasteiger charge is -2.09. The van der Waals surface area contributed by atoms with Crippen LogP contribution in [0, 0.1) is 5.41 Å². The van der Waals surface area contributed by atoms with E-state index < -0.39 is 0 Å². The molecule has 3 aromatic rings. The number of ether oxygens (including phenoxy) is 1. The van der Waals surface area contributed by atoms with E-state index in [1.165, 1.54) is 12.7 Å². The summed E-state index contributed by atoms with van der Waals surface area (Å²) in [7, 11) is 0. The second-order valence-corrected chi connectivity index (χ2v) is 7.55. The number of nitrogens with one attached hydrogen (secondary N) is 1. The zero-order valence-corrected chi connectivity index (χ0v) is 15.1. The Morgan fingerprint density at radius 1 is 1.19 bits per heavy atom. The van der Waals surface area contributed by atoms with Crippen molar-refractivity contribution in [1.29, 1.82) is 0 Å². The lowest BCUT2D eigenvalue weighted by Crippen LogP contribution is -2.25. The fourth-order valence-electron chi connectivity index (χ4n) is 3.23. The van der Waals surface area contributed by atoms with Crippen molar-refractivity contribution in [3.63, 3.8) is 0 Å². The molecule has 1 atom stereocenters. The van der Waals surface area contributed by atoms with E-state index in [-0.39, 0.29) is 5.43 Å². The number of fused-ring (bicyclic) bond motifs is 1. The van der Waals surface area contributed by atoms with Crippen LogP contribution in [0.4, 0.5) is 0 Å². The molecule has 4 nitrogen and oxygen atoms in total. The van der Waals surface area contributed by atoms with Gasteiger partial charge in [-0.1, -0.05) is 44.2 Å². The van der Waals surface area contributed by atoms with Gasteiger partial charge in [0.2, 0.25) is 0 Å². The Bertz CT molecular complexity index is 976. The molecule has 1 heterocycles. The first-order valence-electron chi connectivity index (χ1n) is 9.02. The van der Waals surface area contributed by atoms with E-state index in [1.807, 2.05) is 36.4 Å². The summed E-state index contributed by atoms with van der Waals surface area (Å²) in [4.78, 5) is 12.7. The monoisotopic (exact) mass is 349 g/mol. The zero-order chi connectivity index (χ0) is 18.1. The number of benzene rings is 2. The van der Waals surface area contributed by atoms with Gasteiger partial charge in [-0.2, -0.15) is 0 Å². The molecule has 4 rings (SSSR count). The molecule has 26 heavy (non-hydrogen) atoms. The van der Waals surface area contributed by atoms with Gasteiger partial charge in [-0.05, 0) is 29.5 Å². The van der Waals surface area contributed by atoms with Crippen LogP contribution in [0.2, 0.25) is 0 Å². The van der Waals surface area contributed by atoms with Gasteiger partial charge in [-0.25, -0.2) is 0 Å². The lowest BCUT2D eigenvalue weighted by molar-refractivity contribution is 0.310. The molecular formula is C22H23NO3. The predicted octanol–water partition coefficient (Wildman–Crippen LogP) is 4.23. The second-order valence-electron chi connectivity index (χ2n) is 7.55. The van der Waals surface area contributed by atoms with Crippen LogP contribution in [0.25, 0.3) is 22.1 Å². The number of hydrogen-bond donors (Lipinski definition) is 1. The normalized spacial score (nSPS) is 18.0. The molecule has 0 aliphatic heterocycles. The quantitative estimate of drug-likeness (QED) is 0.677. The van der Waals surface area contributed by atoms with E-state index >= 15 is 0 Å². The zero-order valence-electron chi connectivity index (χ0n) is 15.1. The molecule has 1 aliphatic carbocycles. The number of rotatable bonds is 6. The van der Waals surface area contributed by atoms with E-state index in [0.717, 1.165) is 12.1 Å². The van der Waals surface area contributed by atoms with Gasteiger partial charge in [0.25, 0.3) is 0 Å². The van der Waals surface area contributed by atoms with E-state index in [9.17, 15) is 4.79 Å². The molecule has 1 fully saturated rings. The Hall–Kier alpha value is -2.59. The fraction of sp³-hybridized carbons (Fsp3) is 0.318. The molecular weight excluding hydrogens is 326 g/mol. The molecule has 1 N–H and O–H groups in total. The van der Waals surface area contributed by atoms with Crippen LogP contribution >= 0.6 is 0 Å². The minimum atomic E-state index is -0.0263. The highest BCUT2D eigenvalue weighted by molar-refractivity contribution is 5.82. The molecule has 0 bridgehead atoms. The SMILES string of the molecule is CC1(C)CC1NCCOc1ccc2c(=O)c(-c3ccccc3)coc2c1. The minimum absolute atomic E-state index is 0.0263. The maximum Gasteiger partial charge on any atom is 0.200 e. The van der Waals surface area contributed by atoms with Gasteiger partial charge in [-0.15, -0.1) is 0 Å². The summed E-state index contributed by atoms with van der Waals surface area (Å²) < 4.78 is 11.5. The molecule has 1 aromatic heterocycles. The van der Waals surface area contributed by atoms with Gasteiger partial charge in [0.15, 0.2) is 5.43 Å². The lowest BCUT2D eigenvalue weighted by atomic mass is 10.1. The van der Waals surface area contributed by atoms with Crippen LogP contribution in [0.5, 0.6) is 5.75 Å². The van der Waals surface area contributed by atoms with Gasteiger partial charge in [-0.3, -0.25) is 4.79 Å². The van der Waals surface area contributed by atoms with Crippen molar-refractivity contribution in [2.45, 2.75) is 26.3 Å². The largest absolute Gasteiger partial charge is 0.492 e. The van der Waals surface area contributed by atoms with E-state index in [1.54, 1.807) is 12.1 Å². The molecule has 4 heteroatoms. The summed E-state index contributed by atoms with van der Waals surface area (Å²) in [5, 5.41) is 4.06. The maximum atomic E-state index is 12.7. The summed E-state index contributed by atoms with van der Waals surface area (Å²) in [5.74, 6) is 0.713. The molecule has 1 aliphatic rings. The Kier molecular flexibility index (Phi) is 4.29. The Balaban J connectivity index is 1.47. The highest BCUT2D eigenvalue weighted by Gasteiger charge is 2.44. The maximum absolute atomic E-state index is 12.7. The Morgan fingerprint density at radius 2 is 1.96 bits per heavy atom. The van der Waals surface area contributed by atoms with Crippen LogP contribution in [-0.4, -0.2) is 19.2 Å². The van der Waals surface area contributed by atoms with Crippen molar-refractivity contribution in [3.8, 4) is 16.9 Å². The van der Waals surface area contributed by atoms with Gasteiger partial charge in [0.05, 0.1) is 10.9 Å². The Labute approximate surface area is 152 Å². The minimum Gasteiger partial charge on any atom is -0.492 e. The van der Waals surface area contributed by atoms with Crippen LogP contribution in [-0.2, 0) is 0 Å². The molecule has 1 unspecified atom stereocenters. The van der Waals surface area contributed by atoms with Crippen molar-refractivity contribution >= 4 is 11.0 Å². The molecule has 0 spiro atoms. The summed E-state index contributed by atoms with van der Waals surface area (Å²) in [5.41, 5.74) is 2.37. The van der Waals surface area contributed by atoms with E-state index in [4.69, 9.17) is 9.15 Å². The summed E-state index contributed by atoms with van der Waals surface area (Å²) in [6.45, 7) is 5.93. The van der Waals surface area contributed by atoms with Gasteiger partial charge < -0.3 is 14.5 Å². The smallest absolute Gasteiger partial charge is 0.200 e. The number of hydrogen-bond acceptors (Lipinski definition) is 4. The molecule has 0 amide bonds. The van der Waals surface area contributed by atoms with Crippen LogP contribution in [0.3, 0.4) is 0 Å². The summed E-state index contributed by atoms with van der Waals surface area (Å²) >= 11 is 0. The van der Waals surface area contributed by atoms with Crippen LogP contribution < -0.4 is 15.5 Å².